The first-order valence-corrected chi connectivity index (χ1v) is 9.45. The van der Waals surface area contributed by atoms with Crippen molar-refractivity contribution in [1.29, 1.82) is 0 Å². The number of carbonyl (C=O) groups excluding carboxylic acids is 1. The number of rotatable bonds is 4. The summed E-state index contributed by atoms with van der Waals surface area (Å²) in [5, 5.41) is 2.86. The minimum Gasteiger partial charge on any atom is -0.444 e. The van der Waals surface area contributed by atoms with Gasteiger partial charge in [-0.25, -0.2) is 13.2 Å². The lowest BCUT2D eigenvalue weighted by Crippen LogP contribution is -2.41. The second-order valence-electron chi connectivity index (χ2n) is 6.40. The first kappa shape index (κ1) is 17.6. The smallest absolute Gasteiger partial charge is 0.407 e. The average molecular weight is 326 g/mol. The van der Waals surface area contributed by atoms with Crippen LogP contribution < -0.4 is 5.32 Å². The van der Waals surface area contributed by atoms with Gasteiger partial charge in [0.1, 0.15) is 5.60 Å². The van der Waals surface area contributed by atoms with Gasteiger partial charge in [0.05, 0.1) is 5.75 Å². The molecule has 20 heavy (non-hydrogen) atoms. The summed E-state index contributed by atoms with van der Waals surface area (Å²) < 4.78 is 27.0. The number of alkyl carbamates (subject to hydrolysis) is 1. The van der Waals surface area contributed by atoms with Crippen molar-refractivity contribution in [2.24, 2.45) is 5.92 Å². The Hall–Kier alpha value is -0.490. The summed E-state index contributed by atoms with van der Waals surface area (Å²) in [4.78, 5) is 11.6. The monoisotopic (exact) mass is 325 g/mol. The highest BCUT2D eigenvalue weighted by atomic mass is 35.7. The largest absolute Gasteiger partial charge is 0.444 e. The molecule has 0 saturated heterocycles. The normalized spacial score (nSPS) is 24.2. The summed E-state index contributed by atoms with van der Waals surface area (Å²) in [5.74, 6) is 0.406. The van der Waals surface area contributed by atoms with E-state index in [9.17, 15) is 13.2 Å². The summed E-state index contributed by atoms with van der Waals surface area (Å²) in [6, 6.07) is 0.119. The summed E-state index contributed by atoms with van der Waals surface area (Å²) in [7, 11) is 1.82. The van der Waals surface area contributed by atoms with E-state index in [4.69, 9.17) is 15.4 Å². The Labute approximate surface area is 125 Å². The Bertz CT molecular complexity index is 422. The van der Waals surface area contributed by atoms with Gasteiger partial charge in [0.2, 0.25) is 9.05 Å². The van der Waals surface area contributed by atoms with E-state index >= 15 is 0 Å². The van der Waals surface area contributed by atoms with Gasteiger partial charge in [-0.3, -0.25) is 0 Å². The Morgan fingerprint density at radius 1 is 1.25 bits per heavy atom. The fourth-order valence-corrected chi connectivity index (χ4v) is 3.26. The SMILES string of the molecule is CC(C)(C)OC(=O)NC1CCC(CCS(=O)(=O)Cl)CC1. The zero-order chi connectivity index (χ0) is 15.4. The number of carbonyl (C=O) groups is 1. The van der Waals surface area contributed by atoms with Crippen molar-refractivity contribution in [2.75, 3.05) is 5.75 Å². The number of ether oxygens (including phenoxy) is 1. The lowest BCUT2D eigenvalue weighted by molar-refractivity contribution is 0.0487. The molecule has 1 fully saturated rings. The molecule has 0 heterocycles. The van der Waals surface area contributed by atoms with Crippen LogP contribution in [0.15, 0.2) is 0 Å². The van der Waals surface area contributed by atoms with E-state index in [1.165, 1.54) is 0 Å². The first-order valence-electron chi connectivity index (χ1n) is 6.97. The lowest BCUT2D eigenvalue weighted by Gasteiger charge is -2.29. The predicted molar refractivity (Wildman–Crippen MR) is 79.4 cm³/mol. The lowest BCUT2D eigenvalue weighted by atomic mass is 9.84. The van der Waals surface area contributed by atoms with Gasteiger partial charge >= 0.3 is 6.09 Å². The molecule has 0 bridgehead atoms. The van der Waals surface area contributed by atoms with Crippen molar-refractivity contribution >= 4 is 25.8 Å². The van der Waals surface area contributed by atoms with Crippen LogP contribution in [0, 0.1) is 5.92 Å². The van der Waals surface area contributed by atoms with E-state index < -0.39 is 14.7 Å². The summed E-state index contributed by atoms with van der Waals surface area (Å²) in [6.07, 6.45) is 3.74. The van der Waals surface area contributed by atoms with Gasteiger partial charge in [-0.2, -0.15) is 0 Å². The van der Waals surface area contributed by atoms with E-state index in [1.807, 2.05) is 20.8 Å². The second-order valence-corrected chi connectivity index (χ2v) is 9.29. The summed E-state index contributed by atoms with van der Waals surface area (Å²) in [5.41, 5.74) is -0.490. The predicted octanol–water partition coefficient (Wildman–Crippen LogP) is 3.03. The van der Waals surface area contributed by atoms with Crippen LogP contribution in [0.5, 0.6) is 0 Å². The van der Waals surface area contributed by atoms with Crippen LogP contribution in [0.4, 0.5) is 4.79 Å². The summed E-state index contributed by atoms with van der Waals surface area (Å²) in [6.45, 7) is 5.49. The molecular formula is C13H24ClNO4S. The van der Waals surface area contributed by atoms with E-state index in [0.717, 1.165) is 25.7 Å². The first-order chi connectivity index (χ1) is 9.05. The van der Waals surface area contributed by atoms with Gasteiger partial charge in [0.25, 0.3) is 0 Å². The second kappa shape index (κ2) is 6.98. The number of amides is 1. The topological polar surface area (TPSA) is 72.5 Å². The molecule has 1 aliphatic carbocycles. The van der Waals surface area contributed by atoms with Gasteiger partial charge in [-0.1, -0.05) is 0 Å². The zero-order valence-corrected chi connectivity index (χ0v) is 13.9. The third-order valence-electron chi connectivity index (χ3n) is 3.34. The Balaban J connectivity index is 2.27. The Morgan fingerprint density at radius 3 is 2.25 bits per heavy atom. The van der Waals surface area contributed by atoms with E-state index in [1.54, 1.807) is 0 Å². The zero-order valence-electron chi connectivity index (χ0n) is 12.3. The molecule has 1 rings (SSSR count). The highest BCUT2D eigenvalue weighted by Crippen LogP contribution is 2.27. The van der Waals surface area contributed by atoms with Crippen LogP contribution in [0.1, 0.15) is 52.9 Å². The molecule has 5 nitrogen and oxygen atoms in total. The van der Waals surface area contributed by atoms with Crippen molar-refractivity contribution in [1.82, 2.24) is 5.32 Å². The molecule has 0 spiro atoms. The quantitative estimate of drug-likeness (QED) is 0.806. The molecule has 0 aromatic carbocycles. The van der Waals surface area contributed by atoms with Gasteiger partial charge in [-0.05, 0) is 58.8 Å². The molecule has 0 atom stereocenters. The average Bonchev–Trinajstić information content (AvgIpc) is 2.24. The third kappa shape index (κ3) is 7.94. The van der Waals surface area contributed by atoms with Gasteiger partial charge in [-0.15, -0.1) is 0 Å². The van der Waals surface area contributed by atoms with Gasteiger partial charge in [0.15, 0.2) is 0 Å². The van der Waals surface area contributed by atoms with Crippen LogP contribution >= 0.6 is 10.7 Å². The van der Waals surface area contributed by atoms with E-state index in [2.05, 4.69) is 5.32 Å². The maximum absolute atomic E-state index is 11.6. The van der Waals surface area contributed by atoms with Crippen molar-refractivity contribution in [3.63, 3.8) is 0 Å². The molecule has 7 heteroatoms. The molecule has 0 unspecified atom stereocenters. The van der Waals surface area contributed by atoms with E-state index in [-0.39, 0.29) is 17.9 Å². The molecule has 1 aliphatic rings. The molecular weight excluding hydrogens is 302 g/mol. The fourth-order valence-electron chi connectivity index (χ4n) is 2.38. The summed E-state index contributed by atoms with van der Waals surface area (Å²) >= 11 is 0. The Morgan fingerprint density at radius 2 is 1.80 bits per heavy atom. The van der Waals surface area contributed by atoms with Crippen LogP contribution in [-0.2, 0) is 13.8 Å². The number of hydrogen-bond donors (Lipinski definition) is 1. The molecule has 118 valence electrons. The highest BCUT2D eigenvalue weighted by molar-refractivity contribution is 8.13. The Kier molecular flexibility index (Phi) is 6.13. The van der Waals surface area contributed by atoms with Gasteiger partial charge < -0.3 is 10.1 Å². The standard InChI is InChI=1S/C13H24ClNO4S/c1-13(2,3)19-12(16)15-11-6-4-10(5-7-11)8-9-20(14,17)18/h10-11H,4-9H2,1-3H3,(H,15,16). The van der Waals surface area contributed by atoms with E-state index in [0.29, 0.717) is 12.3 Å². The van der Waals surface area contributed by atoms with Crippen LogP contribution in [0.2, 0.25) is 0 Å². The maximum atomic E-state index is 11.6. The fraction of sp³-hybridized carbons (Fsp3) is 0.923. The van der Waals surface area contributed by atoms with Crippen molar-refractivity contribution < 1.29 is 17.9 Å². The minimum atomic E-state index is -3.39. The molecule has 0 radical (unpaired) electrons. The highest BCUT2D eigenvalue weighted by Gasteiger charge is 2.25. The molecule has 1 N–H and O–H groups in total. The third-order valence-corrected chi connectivity index (χ3v) is 4.52. The molecule has 1 saturated carbocycles. The molecule has 0 aliphatic heterocycles. The van der Waals surface area contributed by atoms with Crippen molar-refractivity contribution in [2.45, 2.75) is 64.5 Å². The van der Waals surface area contributed by atoms with Crippen molar-refractivity contribution in [3.8, 4) is 0 Å². The number of nitrogens with one attached hydrogen (secondary N) is 1. The maximum Gasteiger partial charge on any atom is 0.407 e. The molecule has 0 aromatic heterocycles. The number of halogens is 1. The van der Waals surface area contributed by atoms with Crippen LogP contribution in [0.25, 0.3) is 0 Å². The minimum absolute atomic E-state index is 0.0311. The van der Waals surface area contributed by atoms with Crippen LogP contribution in [0.3, 0.4) is 0 Å². The molecule has 0 aromatic rings. The molecule has 1 amide bonds. The van der Waals surface area contributed by atoms with Crippen LogP contribution in [-0.4, -0.2) is 31.9 Å². The van der Waals surface area contributed by atoms with Crippen molar-refractivity contribution in [3.05, 3.63) is 0 Å². The van der Waals surface area contributed by atoms with Gasteiger partial charge in [0, 0.05) is 16.7 Å². The number of hydrogen-bond acceptors (Lipinski definition) is 4.